The molecule has 0 aliphatic carbocycles. The van der Waals surface area contributed by atoms with E-state index in [9.17, 15) is 0 Å². The van der Waals surface area contributed by atoms with Crippen molar-refractivity contribution in [2.75, 3.05) is 7.11 Å². The van der Waals surface area contributed by atoms with Gasteiger partial charge in [0.25, 0.3) is 0 Å². The maximum atomic E-state index is 6.10. The number of hydrogen-bond acceptors (Lipinski definition) is 2. The number of benzene rings is 3. The van der Waals surface area contributed by atoms with Gasteiger partial charge in [-0.05, 0) is 35.9 Å². The third-order valence-corrected chi connectivity index (χ3v) is 5.23. The molecule has 0 N–H and O–H groups in total. The molecule has 0 unspecified atom stereocenters. The summed E-state index contributed by atoms with van der Waals surface area (Å²) in [5.41, 5.74) is 2.25. The van der Waals surface area contributed by atoms with Crippen LogP contribution in [0.1, 0.15) is 0 Å². The van der Waals surface area contributed by atoms with Crippen LogP contribution >= 0.6 is 22.9 Å². The van der Waals surface area contributed by atoms with E-state index in [1.54, 1.807) is 7.11 Å². The topological polar surface area (TPSA) is 9.23 Å². The lowest BCUT2D eigenvalue weighted by Crippen LogP contribution is -1.88. The van der Waals surface area contributed by atoms with E-state index < -0.39 is 0 Å². The van der Waals surface area contributed by atoms with Crippen molar-refractivity contribution in [3.8, 4) is 16.9 Å². The zero-order valence-corrected chi connectivity index (χ0v) is 13.5. The van der Waals surface area contributed by atoms with Crippen molar-refractivity contribution < 1.29 is 4.74 Å². The third-order valence-electron chi connectivity index (χ3n) is 3.86. The summed E-state index contributed by atoms with van der Waals surface area (Å²) >= 11 is 7.92. The first-order valence-corrected chi connectivity index (χ1v) is 8.21. The fraction of sp³-hybridized carbons (Fsp3) is 0.0526. The van der Waals surface area contributed by atoms with Crippen molar-refractivity contribution in [3.63, 3.8) is 0 Å². The van der Waals surface area contributed by atoms with Crippen LogP contribution in [0.15, 0.2) is 60.7 Å². The Bertz CT molecular complexity index is 987. The molecule has 0 saturated carbocycles. The first-order chi connectivity index (χ1) is 10.8. The summed E-state index contributed by atoms with van der Waals surface area (Å²) in [5.74, 6) is 0.801. The first-order valence-electron chi connectivity index (χ1n) is 7.02. The van der Waals surface area contributed by atoms with Crippen molar-refractivity contribution in [3.05, 3.63) is 65.7 Å². The summed E-state index contributed by atoms with van der Waals surface area (Å²) in [6.45, 7) is 0. The van der Waals surface area contributed by atoms with Crippen molar-refractivity contribution >= 4 is 43.1 Å². The third kappa shape index (κ3) is 2.07. The Morgan fingerprint density at radius 3 is 2.55 bits per heavy atom. The molecule has 3 aromatic carbocycles. The van der Waals surface area contributed by atoms with Gasteiger partial charge in [-0.3, -0.25) is 0 Å². The Morgan fingerprint density at radius 2 is 1.68 bits per heavy atom. The van der Waals surface area contributed by atoms with Gasteiger partial charge in [-0.15, -0.1) is 11.3 Å². The number of ether oxygens (including phenoxy) is 1. The zero-order valence-electron chi connectivity index (χ0n) is 12.0. The highest BCUT2D eigenvalue weighted by atomic mass is 35.5. The van der Waals surface area contributed by atoms with E-state index in [0.29, 0.717) is 5.02 Å². The molecular formula is C19H13ClOS. The van der Waals surface area contributed by atoms with Crippen molar-refractivity contribution in [2.45, 2.75) is 0 Å². The zero-order chi connectivity index (χ0) is 15.1. The normalized spacial score (nSPS) is 11.2. The second kappa shape index (κ2) is 5.31. The second-order valence-corrected chi connectivity index (χ2v) is 6.64. The molecule has 4 rings (SSSR count). The minimum Gasteiger partial charge on any atom is -0.496 e. The van der Waals surface area contributed by atoms with Gasteiger partial charge in [0.1, 0.15) is 5.75 Å². The summed E-state index contributed by atoms with van der Waals surface area (Å²) in [4.78, 5) is 0. The van der Waals surface area contributed by atoms with Gasteiger partial charge >= 0.3 is 0 Å². The number of fused-ring (bicyclic) bond motifs is 3. The number of thiophene rings is 1. The molecule has 1 nitrogen and oxygen atoms in total. The Kier molecular flexibility index (Phi) is 3.29. The van der Waals surface area contributed by atoms with Gasteiger partial charge in [0.15, 0.2) is 0 Å². The SMILES string of the molecule is COc1cc(Cl)ccc1-c1cccc2sc3ccccc3c12. The predicted molar refractivity (Wildman–Crippen MR) is 96.3 cm³/mol. The Morgan fingerprint density at radius 1 is 0.864 bits per heavy atom. The molecule has 0 amide bonds. The highest BCUT2D eigenvalue weighted by Crippen LogP contribution is 2.42. The summed E-state index contributed by atoms with van der Waals surface area (Å²) < 4.78 is 8.13. The minimum absolute atomic E-state index is 0.683. The van der Waals surface area contributed by atoms with Crippen LogP contribution in [0.2, 0.25) is 5.02 Å². The summed E-state index contributed by atoms with van der Waals surface area (Å²) in [6.07, 6.45) is 0. The van der Waals surface area contributed by atoms with Crippen molar-refractivity contribution in [2.24, 2.45) is 0 Å². The van der Waals surface area contributed by atoms with Crippen LogP contribution in [0.3, 0.4) is 0 Å². The van der Waals surface area contributed by atoms with Crippen LogP contribution in [0.25, 0.3) is 31.3 Å². The summed E-state index contributed by atoms with van der Waals surface area (Å²) in [6, 6.07) is 20.7. The molecule has 0 aliphatic heterocycles. The van der Waals surface area contributed by atoms with Gasteiger partial charge in [-0.25, -0.2) is 0 Å². The van der Waals surface area contributed by atoms with Crippen molar-refractivity contribution in [1.29, 1.82) is 0 Å². The molecule has 4 aromatic rings. The average molecular weight is 325 g/mol. The van der Waals surface area contributed by atoms with Gasteiger partial charge in [-0.1, -0.05) is 41.9 Å². The van der Waals surface area contributed by atoms with Gasteiger partial charge in [-0.2, -0.15) is 0 Å². The minimum atomic E-state index is 0.683. The van der Waals surface area contributed by atoms with E-state index in [1.807, 2.05) is 29.5 Å². The summed E-state index contributed by atoms with van der Waals surface area (Å²) in [7, 11) is 1.68. The van der Waals surface area contributed by atoms with Gasteiger partial charge in [0, 0.05) is 30.8 Å². The van der Waals surface area contributed by atoms with Crippen LogP contribution < -0.4 is 4.74 Å². The highest BCUT2D eigenvalue weighted by Gasteiger charge is 2.13. The molecular weight excluding hydrogens is 312 g/mol. The van der Waals surface area contributed by atoms with E-state index in [4.69, 9.17) is 16.3 Å². The van der Waals surface area contributed by atoms with Crippen LogP contribution in [0.5, 0.6) is 5.75 Å². The average Bonchev–Trinajstić information content (AvgIpc) is 2.93. The predicted octanol–water partition coefficient (Wildman–Crippen LogP) is 6.38. The molecule has 0 spiro atoms. The van der Waals surface area contributed by atoms with E-state index in [0.717, 1.165) is 11.3 Å². The molecule has 0 bridgehead atoms. The maximum Gasteiger partial charge on any atom is 0.128 e. The molecule has 108 valence electrons. The van der Waals surface area contributed by atoms with E-state index in [-0.39, 0.29) is 0 Å². The molecule has 0 atom stereocenters. The maximum absolute atomic E-state index is 6.10. The number of methoxy groups -OCH3 is 1. The number of halogens is 1. The standard InChI is InChI=1S/C19H13ClOS/c1-21-16-11-12(20)9-10-13(16)14-6-4-8-18-19(14)15-5-2-3-7-17(15)22-18/h2-11H,1H3. The highest BCUT2D eigenvalue weighted by molar-refractivity contribution is 7.25. The molecule has 0 saturated heterocycles. The van der Waals surface area contributed by atoms with Crippen LogP contribution in [0, 0.1) is 0 Å². The lowest BCUT2D eigenvalue weighted by atomic mass is 9.99. The first kappa shape index (κ1) is 13.6. The molecule has 1 heterocycles. The molecule has 0 radical (unpaired) electrons. The lowest BCUT2D eigenvalue weighted by molar-refractivity contribution is 0.416. The van der Waals surface area contributed by atoms with Crippen LogP contribution in [-0.4, -0.2) is 7.11 Å². The molecule has 0 aliphatic rings. The summed E-state index contributed by atoms with van der Waals surface area (Å²) in [5, 5.41) is 3.25. The van der Waals surface area contributed by atoms with E-state index in [1.165, 1.54) is 25.7 Å². The van der Waals surface area contributed by atoms with Crippen LogP contribution in [0.4, 0.5) is 0 Å². The Balaban J connectivity index is 2.11. The van der Waals surface area contributed by atoms with Gasteiger partial charge in [0.2, 0.25) is 0 Å². The quantitative estimate of drug-likeness (QED) is 0.415. The molecule has 0 fully saturated rings. The largest absolute Gasteiger partial charge is 0.496 e. The smallest absolute Gasteiger partial charge is 0.128 e. The van der Waals surface area contributed by atoms with E-state index >= 15 is 0 Å². The van der Waals surface area contributed by atoms with Gasteiger partial charge < -0.3 is 4.74 Å². The molecule has 1 aromatic heterocycles. The Hall–Kier alpha value is -2.03. The molecule has 3 heteroatoms. The number of hydrogen-bond donors (Lipinski definition) is 0. The number of rotatable bonds is 2. The van der Waals surface area contributed by atoms with Crippen molar-refractivity contribution in [1.82, 2.24) is 0 Å². The lowest BCUT2D eigenvalue weighted by Gasteiger charge is -2.10. The molecule has 22 heavy (non-hydrogen) atoms. The Labute approximate surface area is 137 Å². The van der Waals surface area contributed by atoms with Crippen LogP contribution in [-0.2, 0) is 0 Å². The monoisotopic (exact) mass is 324 g/mol. The fourth-order valence-electron chi connectivity index (χ4n) is 2.89. The fourth-order valence-corrected chi connectivity index (χ4v) is 4.18. The van der Waals surface area contributed by atoms with E-state index in [2.05, 4.69) is 42.5 Å². The second-order valence-electron chi connectivity index (χ2n) is 5.12. The van der Waals surface area contributed by atoms with Gasteiger partial charge in [0.05, 0.1) is 7.11 Å².